The van der Waals surface area contributed by atoms with E-state index in [9.17, 15) is 9.59 Å². The van der Waals surface area contributed by atoms with E-state index < -0.39 is 6.03 Å². The second kappa shape index (κ2) is 8.55. The van der Waals surface area contributed by atoms with E-state index in [2.05, 4.69) is 15.6 Å². The molecule has 1 atom stereocenters. The van der Waals surface area contributed by atoms with Crippen molar-refractivity contribution >= 4 is 22.9 Å². The van der Waals surface area contributed by atoms with E-state index >= 15 is 0 Å². The van der Waals surface area contributed by atoms with Gasteiger partial charge in [-0.2, -0.15) is 0 Å². The second-order valence-electron chi connectivity index (χ2n) is 3.97. The van der Waals surface area contributed by atoms with Crippen LogP contribution in [0.1, 0.15) is 12.5 Å². The third kappa shape index (κ3) is 6.83. The van der Waals surface area contributed by atoms with Gasteiger partial charge in [-0.25, -0.2) is 10.3 Å². The number of urea groups is 1. The van der Waals surface area contributed by atoms with Crippen molar-refractivity contribution in [2.24, 2.45) is 0 Å². The highest BCUT2D eigenvalue weighted by Crippen LogP contribution is 2.09. The third-order valence-electron chi connectivity index (χ3n) is 2.34. The minimum absolute atomic E-state index is 0.0343. The Bertz CT molecular complexity index is 412. The van der Waals surface area contributed by atoms with E-state index in [1.54, 1.807) is 0 Å². The van der Waals surface area contributed by atoms with E-state index in [0.717, 1.165) is 5.56 Å². The van der Waals surface area contributed by atoms with Crippen molar-refractivity contribution in [3.05, 3.63) is 35.9 Å². The third-order valence-corrected chi connectivity index (χ3v) is 3.32. The Morgan fingerprint density at radius 1 is 1.32 bits per heavy atom. The van der Waals surface area contributed by atoms with Gasteiger partial charge >= 0.3 is 6.03 Å². The molecular weight excluding hydrogens is 264 g/mol. The van der Waals surface area contributed by atoms with Crippen LogP contribution in [0.4, 0.5) is 4.79 Å². The number of carbonyl (C=O) groups is 2. The van der Waals surface area contributed by atoms with E-state index in [1.807, 2.05) is 30.3 Å². The van der Waals surface area contributed by atoms with Crippen LogP contribution < -0.4 is 10.8 Å². The number of hydrogen-bond donors (Lipinski definition) is 2. The van der Waals surface area contributed by atoms with Crippen molar-refractivity contribution in [3.63, 3.8) is 0 Å². The smallest absolute Gasteiger partial charge is 0.332 e. The fourth-order valence-electron chi connectivity index (χ4n) is 1.58. The Kier molecular flexibility index (Phi) is 6.99. The first-order valence-corrected chi connectivity index (χ1v) is 6.87. The van der Waals surface area contributed by atoms with Crippen molar-refractivity contribution in [2.45, 2.75) is 19.4 Å². The molecule has 104 valence electrons. The Labute approximate surface area is 117 Å². The molecule has 6 heteroatoms. The highest BCUT2D eigenvalue weighted by molar-refractivity contribution is 8.13. The molecule has 0 aliphatic heterocycles. The summed E-state index contributed by atoms with van der Waals surface area (Å²) in [4.78, 5) is 27.0. The number of thioether (sulfide) groups is 1. The molecule has 1 aromatic rings. The van der Waals surface area contributed by atoms with E-state index in [4.69, 9.17) is 0 Å². The number of amides is 2. The molecule has 19 heavy (non-hydrogen) atoms. The monoisotopic (exact) mass is 282 g/mol. The van der Waals surface area contributed by atoms with Gasteiger partial charge in [0.1, 0.15) is 0 Å². The maximum absolute atomic E-state index is 11.4. The van der Waals surface area contributed by atoms with Crippen molar-refractivity contribution in [1.82, 2.24) is 10.8 Å². The van der Waals surface area contributed by atoms with E-state index in [0.29, 0.717) is 12.2 Å². The standard InChI is InChI=1S/C13H18N2O3S/c1-10(16)19-9-12(14-13(17)15-18-2)8-11-6-4-3-5-7-11/h3-7,12H,8-9H2,1-2H3,(H2,14,15,17). The zero-order chi connectivity index (χ0) is 14.1. The lowest BCUT2D eigenvalue weighted by atomic mass is 10.1. The first kappa shape index (κ1) is 15.5. The molecule has 1 unspecified atom stereocenters. The molecule has 0 fully saturated rings. The number of hydrogen-bond acceptors (Lipinski definition) is 4. The summed E-state index contributed by atoms with van der Waals surface area (Å²) in [5.41, 5.74) is 3.31. The molecule has 0 saturated carbocycles. The first-order valence-electron chi connectivity index (χ1n) is 5.88. The van der Waals surface area contributed by atoms with Crippen LogP contribution in [-0.2, 0) is 16.1 Å². The highest BCUT2D eigenvalue weighted by atomic mass is 32.2. The van der Waals surface area contributed by atoms with Crippen LogP contribution in [0.2, 0.25) is 0 Å². The summed E-state index contributed by atoms with van der Waals surface area (Å²) >= 11 is 1.20. The van der Waals surface area contributed by atoms with Crippen LogP contribution >= 0.6 is 11.8 Å². The van der Waals surface area contributed by atoms with Gasteiger partial charge in [0.2, 0.25) is 0 Å². The molecule has 2 amide bonds. The highest BCUT2D eigenvalue weighted by Gasteiger charge is 2.14. The summed E-state index contributed by atoms with van der Waals surface area (Å²) in [5, 5.41) is 2.81. The molecule has 0 saturated heterocycles. The first-order chi connectivity index (χ1) is 9.11. The Morgan fingerprint density at radius 3 is 2.58 bits per heavy atom. The summed E-state index contributed by atoms with van der Waals surface area (Å²) in [6.07, 6.45) is 0.665. The zero-order valence-electron chi connectivity index (χ0n) is 11.0. The van der Waals surface area contributed by atoms with Crippen molar-refractivity contribution < 1.29 is 14.4 Å². The maximum Gasteiger partial charge on any atom is 0.338 e. The van der Waals surface area contributed by atoms with Gasteiger partial charge in [0.25, 0.3) is 0 Å². The molecule has 1 rings (SSSR count). The zero-order valence-corrected chi connectivity index (χ0v) is 11.8. The van der Waals surface area contributed by atoms with Crippen LogP contribution in [0.3, 0.4) is 0 Å². The van der Waals surface area contributed by atoms with E-state index in [1.165, 1.54) is 25.8 Å². The fraction of sp³-hybridized carbons (Fsp3) is 0.385. The molecule has 0 aliphatic rings. The molecular formula is C13H18N2O3S. The van der Waals surface area contributed by atoms with Gasteiger partial charge in [-0.05, 0) is 12.0 Å². The minimum atomic E-state index is -0.410. The van der Waals surface area contributed by atoms with E-state index in [-0.39, 0.29) is 11.2 Å². The molecule has 0 radical (unpaired) electrons. The number of hydroxylamine groups is 1. The summed E-state index contributed by atoms with van der Waals surface area (Å²) in [6, 6.07) is 9.26. The molecule has 0 heterocycles. The lowest BCUT2D eigenvalue weighted by Crippen LogP contribution is -2.44. The number of carbonyl (C=O) groups excluding carboxylic acids is 2. The topological polar surface area (TPSA) is 67.4 Å². The molecule has 5 nitrogen and oxygen atoms in total. The van der Waals surface area contributed by atoms with Crippen molar-refractivity contribution in [1.29, 1.82) is 0 Å². The summed E-state index contributed by atoms with van der Waals surface area (Å²) < 4.78 is 0. The van der Waals surface area contributed by atoms with Crippen molar-refractivity contribution in [2.75, 3.05) is 12.9 Å². The lowest BCUT2D eigenvalue weighted by molar-refractivity contribution is -0.109. The quantitative estimate of drug-likeness (QED) is 0.780. The van der Waals surface area contributed by atoms with Gasteiger partial charge in [-0.3, -0.25) is 9.63 Å². The molecule has 2 N–H and O–H groups in total. The molecule has 0 spiro atoms. The number of nitrogens with one attached hydrogen (secondary N) is 2. The Morgan fingerprint density at radius 2 is 2.00 bits per heavy atom. The van der Waals surface area contributed by atoms with Crippen LogP contribution in [0, 0.1) is 0 Å². The molecule has 0 aliphatic carbocycles. The number of benzene rings is 1. The molecule has 0 aromatic heterocycles. The normalized spacial score (nSPS) is 11.7. The van der Waals surface area contributed by atoms with Gasteiger partial charge in [-0.15, -0.1) is 0 Å². The second-order valence-corrected chi connectivity index (χ2v) is 5.17. The van der Waals surface area contributed by atoms with Gasteiger partial charge in [0.15, 0.2) is 5.12 Å². The van der Waals surface area contributed by atoms with Crippen LogP contribution in [0.15, 0.2) is 30.3 Å². The van der Waals surface area contributed by atoms with Gasteiger partial charge in [0, 0.05) is 18.7 Å². The summed E-state index contributed by atoms with van der Waals surface area (Å²) in [7, 11) is 1.37. The van der Waals surface area contributed by atoms with Gasteiger partial charge < -0.3 is 5.32 Å². The van der Waals surface area contributed by atoms with Gasteiger partial charge in [-0.1, -0.05) is 42.1 Å². The predicted molar refractivity (Wildman–Crippen MR) is 75.7 cm³/mol. The predicted octanol–water partition coefficient (Wildman–Crippen LogP) is 1.74. The van der Waals surface area contributed by atoms with Crippen LogP contribution in [-0.4, -0.2) is 30.1 Å². The minimum Gasteiger partial charge on any atom is -0.332 e. The lowest BCUT2D eigenvalue weighted by Gasteiger charge is -2.18. The summed E-state index contributed by atoms with van der Waals surface area (Å²) in [6.45, 7) is 1.51. The van der Waals surface area contributed by atoms with Crippen molar-refractivity contribution in [3.8, 4) is 0 Å². The Balaban J connectivity index is 2.58. The summed E-state index contributed by atoms with van der Waals surface area (Å²) in [5.74, 6) is 0.529. The average Bonchev–Trinajstić information content (AvgIpc) is 2.37. The maximum atomic E-state index is 11.4. The molecule has 1 aromatic carbocycles. The van der Waals surface area contributed by atoms with Crippen LogP contribution in [0.5, 0.6) is 0 Å². The fourth-order valence-corrected chi connectivity index (χ4v) is 2.21. The Hall–Kier alpha value is -1.53. The average molecular weight is 282 g/mol. The number of rotatable bonds is 6. The van der Waals surface area contributed by atoms with Crippen LogP contribution in [0.25, 0.3) is 0 Å². The molecule has 0 bridgehead atoms. The SMILES string of the molecule is CONC(=O)NC(CSC(C)=O)Cc1ccccc1. The largest absolute Gasteiger partial charge is 0.338 e. The van der Waals surface area contributed by atoms with Gasteiger partial charge in [0.05, 0.1) is 7.11 Å².